The smallest absolute Gasteiger partial charge is 0.180 e. The summed E-state index contributed by atoms with van der Waals surface area (Å²) in [6, 6.07) is 19.8. The Morgan fingerprint density at radius 1 is 0.778 bits per heavy atom. The Morgan fingerprint density at radius 3 is 1.70 bits per heavy atom. The normalized spacial score (nSPS) is 10.3. The molecular formula is C22H30O5. The van der Waals surface area contributed by atoms with Crippen molar-refractivity contribution in [2.45, 2.75) is 33.4 Å². The molecule has 0 aliphatic heterocycles. The third-order valence-corrected chi connectivity index (χ3v) is 3.37. The van der Waals surface area contributed by atoms with Gasteiger partial charge in [0, 0.05) is 13.2 Å². The van der Waals surface area contributed by atoms with Gasteiger partial charge in [-0.15, -0.1) is 0 Å². The van der Waals surface area contributed by atoms with Crippen molar-refractivity contribution in [3.05, 3.63) is 71.8 Å². The maximum Gasteiger partial charge on any atom is 0.180 e. The van der Waals surface area contributed by atoms with E-state index < -0.39 is 0 Å². The van der Waals surface area contributed by atoms with Crippen LogP contribution in [0.4, 0.5) is 0 Å². The molecule has 0 radical (unpaired) electrons. The largest absolute Gasteiger partial charge is 0.372 e. The van der Waals surface area contributed by atoms with Crippen LogP contribution >= 0.6 is 0 Å². The predicted octanol–water partition coefficient (Wildman–Crippen LogP) is 4.00. The summed E-state index contributed by atoms with van der Waals surface area (Å²) in [5.41, 5.74) is 2.25. The molecule has 0 saturated carbocycles. The van der Waals surface area contributed by atoms with Crippen LogP contribution in [0.3, 0.4) is 0 Å². The maximum absolute atomic E-state index is 9.87. The van der Waals surface area contributed by atoms with Gasteiger partial charge < -0.3 is 23.7 Å². The lowest BCUT2D eigenvalue weighted by molar-refractivity contribution is -0.169. The Kier molecular flexibility index (Phi) is 13.7. The van der Waals surface area contributed by atoms with E-state index in [0.29, 0.717) is 33.0 Å². The van der Waals surface area contributed by atoms with E-state index in [-0.39, 0.29) is 12.9 Å². The molecule has 0 aromatic heterocycles. The molecule has 0 aliphatic rings. The number of hydrogen-bond donors (Lipinski definition) is 0. The Balaban J connectivity index is 0.000000289. The third-order valence-electron chi connectivity index (χ3n) is 3.37. The second kappa shape index (κ2) is 16.1. The molecule has 2 aromatic rings. The summed E-state index contributed by atoms with van der Waals surface area (Å²) in [7, 11) is 0. The number of carbonyl (C=O) groups excluding carboxylic acids is 1. The summed E-state index contributed by atoms with van der Waals surface area (Å²) in [6.07, 6.45) is 0.502. The number of benzene rings is 2. The van der Waals surface area contributed by atoms with Crippen molar-refractivity contribution in [2.75, 3.05) is 26.4 Å². The summed E-state index contributed by atoms with van der Waals surface area (Å²) in [5, 5.41) is 0. The highest BCUT2D eigenvalue weighted by atomic mass is 16.7. The first-order valence-corrected chi connectivity index (χ1v) is 9.20. The van der Waals surface area contributed by atoms with E-state index in [1.54, 1.807) is 0 Å². The summed E-state index contributed by atoms with van der Waals surface area (Å²) in [5.74, 6) is 0. The molecule has 0 amide bonds. The highest BCUT2D eigenvalue weighted by molar-refractivity contribution is 5.50. The van der Waals surface area contributed by atoms with E-state index in [2.05, 4.69) is 0 Å². The Hall–Kier alpha value is -2.05. The Morgan fingerprint density at radius 2 is 1.26 bits per heavy atom. The molecule has 0 unspecified atom stereocenters. The minimum atomic E-state index is -0.251. The Bertz CT molecular complexity index is 568. The van der Waals surface area contributed by atoms with Gasteiger partial charge in [-0.2, -0.15) is 0 Å². The van der Waals surface area contributed by atoms with Crippen molar-refractivity contribution in [3.63, 3.8) is 0 Å². The van der Waals surface area contributed by atoms with Gasteiger partial charge in [-0.1, -0.05) is 60.7 Å². The molecule has 0 heterocycles. The number of ether oxygens (including phenoxy) is 4. The van der Waals surface area contributed by atoms with Crippen molar-refractivity contribution in [2.24, 2.45) is 0 Å². The third kappa shape index (κ3) is 12.0. The van der Waals surface area contributed by atoms with Crippen LogP contribution < -0.4 is 0 Å². The number of hydrogen-bond acceptors (Lipinski definition) is 5. The van der Waals surface area contributed by atoms with Gasteiger partial charge in [0.25, 0.3) is 0 Å². The SMILES string of the molecule is CCOC(COCc1ccccc1)OCC.O=CCOCc1ccccc1. The molecule has 0 bridgehead atoms. The van der Waals surface area contributed by atoms with Crippen LogP contribution in [-0.4, -0.2) is 39.0 Å². The number of rotatable bonds is 12. The molecular weight excluding hydrogens is 344 g/mol. The first kappa shape index (κ1) is 23.0. The summed E-state index contributed by atoms with van der Waals surface area (Å²) >= 11 is 0. The van der Waals surface area contributed by atoms with E-state index in [4.69, 9.17) is 18.9 Å². The highest BCUT2D eigenvalue weighted by Crippen LogP contribution is 2.03. The molecule has 27 heavy (non-hydrogen) atoms. The first-order valence-electron chi connectivity index (χ1n) is 9.20. The first-order chi connectivity index (χ1) is 13.3. The Labute approximate surface area is 162 Å². The fourth-order valence-electron chi connectivity index (χ4n) is 2.16. The van der Waals surface area contributed by atoms with Gasteiger partial charge in [0.05, 0.1) is 19.8 Å². The van der Waals surface area contributed by atoms with Crippen LogP contribution in [0, 0.1) is 0 Å². The molecule has 0 atom stereocenters. The summed E-state index contributed by atoms with van der Waals surface area (Å²) in [6.45, 7) is 6.92. The molecule has 5 nitrogen and oxygen atoms in total. The average Bonchev–Trinajstić information content (AvgIpc) is 2.71. The van der Waals surface area contributed by atoms with Crippen LogP contribution in [0.25, 0.3) is 0 Å². The predicted molar refractivity (Wildman–Crippen MR) is 105 cm³/mol. The van der Waals surface area contributed by atoms with Gasteiger partial charge in [0.2, 0.25) is 0 Å². The maximum atomic E-state index is 9.87. The van der Waals surface area contributed by atoms with Gasteiger partial charge in [-0.3, -0.25) is 0 Å². The van der Waals surface area contributed by atoms with Gasteiger partial charge >= 0.3 is 0 Å². The fourth-order valence-corrected chi connectivity index (χ4v) is 2.16. The fraction of sp³-hybridized carbons (Fsp3) is 0.409. The van der Waals surface area contributed by atoms with Crippen molar-refractivity contribution in [1.82, 2.24) is 0 Å². The lowest BCUT2D eigenvalue weighted by Gasteiger charge is -2.16. The van der Waals surface area contributed by atoms with Crippen LogP contribution in [0.15, 0.2) is 60.7 Å². The van der Waals surface area contributed by atoms with Crippen LogP contribution in [0.1, 0.15) is 25.0 Å². The zero-order valence-corrected chi connectivity index (χ0v) is 16.2. The molecule has 2 rings (SSSR count). The van der Waals surface area contributed by atoms with E-state index in [0.717, 1.165) is 17.4 Å². The van der Waals surface area contributed by atoms with Crippen LogP contribution in [0.5, 0.6) is 0 Å². The van der Waals surface area contributed by atoms with Gasteiger partial charge in [-0.05, 0) is 25.0 Å². The lowest BCUT2D eigenvalue weighted by Crippen LogP contribution is -2.23. The molecule has 148 valence electrons. The molecule has 0 spiro atoms. The van der Waals surface area contributed by atoms with E-state index in [9.17, 15) is 4.79 Å². The summed E-state index contributed by atoms with van der Waals surface area (Å²) < 4.78 is 21.3. The standard InChI is InChI=1S/C13H20O3.C9H10O2/c1-3-15-13(16-4-2)11-14-10-12-8-6-5-7-9-12;10-6-7-11-8-9-4-2-1-3-5-9/h5-9,13H,3-4,10-11H2,1-2H3;1-6H,7-8H2. The second-order valence-electron chi connectivity index (χ2n) is 5.51. The van der Waals surface area contributed by atoms with Gasteiger partial charge in [0.1, 0.15) is 12.9 Å². The van der Waals surface area contributed by atoms with Gasteiger partial charge in [0.15, 0.2) is 6.29 Å². The monoisotopic (exact) mass is 374 g/mol. The van der Waals surface area contributed by atoms with Crippen molar-refractivity contribution >= 4 is 6.29 Å². The van der Waals surface area contributed by atoms with E-state index >= 15 is 0 Å². The minimum absolute atomic E-state index is 0.175. The van der Waals surface area contributed by atoms with Crippen LogP contribution in [-0.2, 0) is 37.0 Å². The zero-order valence-electron chi connectivity index (χ0n) is 16.2. The van der Waals surface area contributed by atoms with Crippen molar-refractivity contribution < 1.29 is 23.7 Å². The molecule has 0 aliphatic carbocycles. The highest BCUT2D eigenvalue weighted by Gasteiger charge is 2.07. The quantitative estimate of drug-likeness (QED) is 0.319. The van der Waals surface area contributed by atoms with Crippen molar-refractivity contribution in [1.29, 1.82) is 0 Å². The molecule has 0 saturated heterocycles. The lowest BCUT2D eigenvalue weighted by atomic mass is 10.2. The number of carbonyl (C=O) groups is 1. The average molecular weight is 374 g/mol. The van der Waals surface area contributed by atoms with Crippen molar-refractivity contribution in [3.8, 4) is 0 Å². The van der Waals surface area contributed by atoms with E-state index in [1.165, 1.54) is 0 Å². The number of aldehydes is 1. The summed E-state index contributed by atoms with van der Waals surface area (Å²) in [4.78, 5) is 9.87. The molecule has 5 heteroatoms. The van der Waals surface area contributed by atoms with Gasteiger partial charge in [-0.25, -0.2) is 0 Å². The minimum Gasteiger partial charge on any atom is -0.372 e. The topological polar surface area (TPSA) is 54.0 Å². The molecule has 0 N–H and O–H groups in total. The zero-order chi connectivity index (χ0) is 19.6. The molecule has 2 aromatic carbocycles. The second-order valence-corrected chi connectivity index (χ2v) is 5.51. The van der Waals surface area contributed by atoms with Crippen LogP contribution in [0.2, 0.25) is 0 Å². The van der Waals surface area contributed by atoms with E-state index in [1.807, 2.05) is 74.5 Å². The molecule has 0 fully saturated rings.